The van der Waals surface area contributed by atoms with Crippen LogP contribution in [0.3, 0.4) is 0 Å². The highest BCUT2D eigenvalue weighted by Crippen LogP contribution is 2.29. The van der Waals surface area contributed by atoms with Crippen LogP contribution in [0.2, 0.25) is 0 Å². The third-order valence-electron chi connectivity index (χ3n) is 3.27. The summed E-state index contributed by atoms with van der Waals surface area (Å²) in [5.74, 6) is 1.83. The van der Waals surface area contributed by atoms with E-state index in [1.54, 1.807) is 18.2 Å². The summed E-state index contributed by atoms with van der Waals surface area (Å²) in [5.41, 5.74) is 3.22. The number of nitrogens with one attached hydrogen (secondary N) is 1. The molecule has 92 valence electrons. The van der Waals surface area contributed by atoms with Crippen molar-refractivity contribution in [3.05, 3.63) is 35.5 Å². The van der Waals surface area contributed by atoms with Gasteiger partial charge in [-0.05, 0) is 31.4 Å². The Hall–Kier alpha value is -2.10. The molecule has 0 saturated carbocycles. The van der Waals surface area contributed by atoms with Crippen molar-refractivity contribution in [1.82, 2.24) is 9.97 Å². The molecule has 0 aliphatic heterocycles. The van der Waals surface area contributed by atoms with Gasteiger partial charge in [-0.2, -0.15) is 0 Å². The van der Waals surface area contributed by atoms with E-state index < -0.39 is 0 Å². The van der Waals surface area contributed by atoms with Gasteiger partial charge in [-0.3, -0.25) is 0 Å². The van der Waals surface area contributed by atoms with Crippen LogP contribution in [0.5, 0.6) is 5.75 Å². The van der Waals surface area contributed by atoms with Crippen molar-refractivity contribution in [3.8, 4) is 17.1 Å². The standard InChI is InChI=1S/C14H15N3O/c1-15-14-11-6-3-7-12(11)16-13(17-14)9-4-2-5-10(18)8-9/h2,4-5,8,18H,3,6-7H2,1H3,(H,15,16,17). The van der Waals surface area contributed by atoms with Gasteiger partial charge in [0.1, 0.15) is 11.6 Å². The lowest BCUT2D eigenvalue weighted by Crippen LogP contribution is -2.03. The fraction of sp³-hybridized carbons (Fsp3) is 0.286. The van der Waals surface area contributed by atoms with Gasteiger partial charge < -0.3 is 10.4 Å². The second kappa shape index (κ2) is 4.29. The molecule has 2 aromatic rings. The SMILES string of the molecule is CNc1nc(-c2cccc(O)c2)nc2c1CCC2. The lowest BCUT2D eigenvalue weighted by Gasteiger charge is -2.09. The average molecular weight is 241 g/mol. The molecule has 1 heterocycles. The van der Waals surface area contributed by atoms with Crippen LogP contribution >= 0.6 is 0 Å². The molecule has 3 rings (SSSR count). The van der Waals surface area contributed by atoms with E-state index in [4.69, 9.17) is 0 Å². The van der Waals surface area contributed by atoms with E-state index in [1.165, 1.54) is 5.56 Å². The van der Waals surface area contributed by atoms with E-state index in [2.05, 4.69) is 15.3 Å². The Bertz CT molecular complexity index is 596. The topological polar surface area (TPSA) is 58.0 Å². The van der Waals surface area contributed by atoms with E-state index in [-0.39, 0.29) is 5.75 Å². The Morgan fingerprint density at radius 2 is 2.11 bits per heavy atom. The van der Waals surface area contributed by atoms with Gasteiger partial charge in [-0.1, -0.05) is 12.1 Å². The first-order valence-electron chi connectivity index (χ1n) is 6.15. The Morgan fingerprint density at radius 1 is 1.22 bits per heavy atom. The zero-order valence-corrected chi connectivity index (χ0v) is 10.3. The Labute approximate surface area is 106 Å². The van der Waals surface area contributed by atoms with Crippen molar-refractivity contribution in [2.24, 2.45) is 0 Å². The molecule has 4 heteroatoms. The number of aromatic hydroxyl groups is 1. The van der Waals surface area contributed by atoms with Crippen LogP contribution in [0.4, 0.5) is 5.82 Å². The van der Waals surface area contributed by atoms with Crippen molar-refractivity contribution in [1.29, 1.82) is 0 Å². The van der Waals surface area contributed by atoms with Crippen molar-refractivity contribution < 1.29 is 5.11 Å². The first-order chi connectivity index (χ1) is 8.78. The maximum Gasteiger partial charge on any atom is 0.161 e. The maximum atomic E-state index is 9.52. The minimum atomic E-state index is 0.239. The average Bonchev–Trinajstić information content (AvgIpc) is 2.85. The smallest absolute Gasteiger partial charge is 0.161 e. The van der Waals surface area contributed by atoms with Crippen LogP contribution in [-0.4, -0.2) is 22.1 Å². The minimum absolute atomic E-state index is 0.239. The highest BCUT2D eigenvalue weighted by atomic mass is 16.3. The van der Waals surface area contributed by atoms with Crippen molar-refractivity contribution in [2.45, 2.75) is 19.3 Å². The van der Waals surface area contributed by atoms with Crippen molar-refractivity contribution in [3.63, 3.8) is 0 Å². The number of aromatic nitrogens is 2. The Balaban J connectivity index is 2.13. The van der Waals surface area contributed by atoms with Gasteiger partial charge in [0.25, 0.3) is 0 Å². The fourth-order valence-electron chi connectivity index (χ4n) is 2.41. The molecule has 0 amide bonds. The number of fused-ring (bicyclic) bond motifs is 1. The van der Waals surface area contributed by atoms with Gasteiger partial charge in [-0.15, -0.1) is 0 Å². The van der Waals surface area contributed by atoms with Gasteiger partial charge in [0.05, 0.1) is 0 Å². The number of rotatable bonds is 2. The van der Waals surface area contributed by atoms with Gasteiger partial charge in [0, 0.05) is 23.9 Å². The summed E-state index contributed by atoms with van der Waals surface area (Å²) in [4.78, 5) is 9.15. The van der Waals surface area contributed by atoms with Gasteiger partial charge in [-0.25, -0.2) is 9.97 Å². The third-order valence-corrected chi connectivity index (χ3v) is 3.27. The molecule has 0 radical (unpaired) electrons. The van der Waals surface area contributed by atoms with Gasteiger partial charge in [0.15, 0.2) is 5.82 Å². The molecule has 1 aromatic carbocycles. The molecule has 1 aromatic heterocycles. The van der Waals surface area contributed by atoms with E-state index in [9.17, 15) is 5.11 Å². The number of anilines is 1. The lowest BCUT2D eigenvalue weighted by atomic mass is 10.1. The summed E-state index contributed by atoms with van der Waals surface area (Å²) < 4.78 is 0. The first kappa shape index (κ1) is 11.0. The van der Waals surface area contributed by atoms with Crippen LogP contribution in [-0.2, 0) is 12.8 Å². The summed E-state index contributed by atoms with van der Waals surface area (Å²) in [5, 5.41) is 12.7. The molecule has 2 N–H and O–H groups in total. The summed E-state index contributed by atoms with van der Waals surface area (Å²) in [6.45, 7) is 0. The third kappa shape index (κ3) is 1.79. The zero-order chi connectivity index (χ0) is 12.5. The first-order valence-corrected chi connectivity index (χ1v) is 6.15. The Morgan fingerprint density at radius 3 is 2.89 bits per heavy atom. The van der Waals surface area contributed by atoms with E-state index >= 15 is 0 Å². The predicted molar refractivity (Wildman–Crippen MR) is 70.7 cm³/mol. The summed E-state index contributed by atoms with van der Waals surface area (Å²) in [6.07, 6.45) is 3.20. The van der Waals surface area contributed by atoms with Crippen LogP contribution in [0.25, 0.3) is 11.4 Å². The fourth-order valence-corrected chi connectivity index (χ4v) is 2.41. The number of aryl methyl sites for hydroxylation is 1. The van der Waals surface area contributed by atoms with E-state index in [0.717, 1.165) is 36.3 Å². The molecular formula is C14H15N3O. The van der Waals surface area contributed by atoms with E-state index in [0.29, 0.717) is 5.82 Å². The number of benzene rings is 1. The van der Waals surface area contributed by atoms with Crippen LogP contribution < -0.4 is 5.32 Å². The van der Waals surface area contributed by atoms with Gasteiger partial charge in [0.2, 0.25) is 0 Å². The van der Waals surface area contributed by atoms with Crippen LogP contribution in [0.15, 0.2) is 24.3 Å². The van der Waals surface area contributed by atoms with Crippen LogP contribution in [0.1, 0.15) is 17.7 Å². The number of hydrogen-bond donors (Lipinski definition) is 2. The van der Waals surface area contributed by atoms with Gasteiger partial charge >= 0.3 is 0 Å². The Kier molecular flexibility index (Phi) is 2.63. The molecule has 0 atom stereocenters. The normalized spacial score (nSPS) is 13.4. The minimum Gasteiger partial charge on any atom is -0.508 e. The predicted octanol–water partition coefficient (Wildman–Crippen LogP) is 2.38. The molecule has 1 aliphatic rings. The van der Waals surface area contributed by atoms with Crippen molar-refractivity contribution >= 4 is 5.82 Å². The molecule has 1 aliphatic carbocycles. The zero-order valence-electron chi connectivity index (χ0n) is 10.3. The number of phenolic OH excluding ortho intramolecular Hbond substituents is 1. The largest absolute Gasteiger partial charge is 0.508 e. The number of hydrogen-bond acceptors (Lipinski definition) is 4. The summed E-state index contributed by atoms with van der Waals surface area (Å²) >= 11 is 0. The lowest BCUT2D eigenvalue weighted by molar-refractivity contribution is 0.475. The molecule has 18 heavy (non-hydrogen) atoms. The van der Waals surface area contributed by atoms with Crippen LogP contribution in [0, 0.1) is 0 Å². The second-order valence-corrected chi connectivity index (χ2v) is 4.47. The molecule has 0 bridgehead atoms. The maximum absolute atomic E-state index is 9.52. The molecular weight excluding hydrogens is 226 g/mol. The molecule has 0 fully saturated rings. The van der Waals surface area contributed by atoms with Crippen molar-refractivity contribution in [2.75, 3.05) is 12.4 Å². The molecule has 0 unspecified atom stereocenters. The summed E-state index contributed by atoms with van der Waals surface area (Å²) in [7, 11) is 1.88. The second-order valence-electron chi connectivity index (χ2n) is 4.47. The highest BCUT2D eigenvalue weighted by Gasteiger charge is 2.19. The quantitative estimate of drug-likeness (QED) is 0.847. The molecule has 0 spiro atoms. The van der Waals surface area contributed by atoms with E-state index in [1.807, 2.05) is 13.1 Å². The summed E-state index contributed by atoms with van der Waals surface area (Å²) in [6, 6.07) is 7.06. The molecule has 4 nitrogen and oxygen atoms in total. The monoisotopic (exact) mass is 241 g/mol. The molecule has 0 saturated heterocycles. The number of nitrogens with zero attached hydrogens (tertiary/aromatic N) is 2. The number of phenols is 1. The highest BCUT2D eigenvalue weighted by molar-refractivity contribution is 5.62.